The van der Waals surface area contributed by atoms with Crippen molar-refractivity contribution in [2.24, 2.45) is 11.3 Å². The zero-order valence-electron chi connectivity index (χ0n) is 14.6. The molecular weight excluding hydrogens is 350 g/mol. The highest BCUT2D eigenvalue weighted by atomic mass is 35.5. The molecule has 1 aromatic carbocycles. The van der Waals surface area contributed by atoms with Gasteiger partial charge in [0.1, 0.15) is 5.69 Å². The standard InChI is InChI=1S/C20H23N3O2.ClH/c24-18(16-13-20(16)8-10-21-11-9-20)22-17-7-4-12-23(19(17)25)14-15-5-2-1-3-6-15;/h1-7,12,16,21H,8-11,13-14H2,(H,22,24);1H. The summed E-state index contributed by atoms with van der Waals surface area (Å²) in [6.07, 6.45) is 4.82. The number of pyridine rings is 1. The highest BCUT2D eigenvalue weighted by molar-refractivity contribution is 5.95. The third kappa shape index (κ3) is 3.69. The molecule has 1 aromatic heterocycles. The lowest BCUT2D eigenvalue weighted by Crippen LogP contribution is -2.32. The summed E-state index contributed by atoms with van der Waals surface area (Å²) in [5, 5.41) is 6.22. The number of piperidine rings is 1. The van der Waals surface area contributed by atoms with Gasteiger partial charge < -0.3 is 15.2 Å². The zero-order chi connectivity index (χ0) is 17.3. The summed E-state index contributed by atoms with van der Waals surface area (Å²) < 4.78 is 1.64. The van der Waals surface area contributed by atoms with Crippen LogP contribution in [0.2, 0.25) is 0 Å². The number of amides is 1. The van der Waals surface area contributed by atoms with Crippen LogP contribution in [0.4, 0.5) is 5.69 Å². The van der Waals surface area contributed by atoms with Gasteiger partial charge in [-0.15, -0.1) is 12.4 Å². The lowest BCUT2D eigenvalue weighted by atomic mass is 9.92. The van der Waals surface area contributed by atoms with Crippen molar-refractivity contribution in [1.82, 2.24) is 9.88 Å². The zero-order valence-corrected chi connectivity index (χ0v) is 15.4. The molecule has 1 unspecified atom stereocenters. The minimum Gasteiger partial charge on any atom is -0.321 e. The fourth-order valence-electron chi connectivity index (χ4n) is 3.95. The smallest absolute Gasteiger partial charge is 0.274 e. The molecular formula is C20H24ClN3O2. The summed E-state index contributed by atoms with van der Waals surface area (Å²) in [6, 6.07) is 13.3. The topological polar surface area (TPSA) is 63.1 Å². The normalized spacial score (nSPS) is 20.2. The summed E-state index contributed by atoms with van der Waals surface area (Å²) in [5.41, 5.74) is 1.45. The van der Waals surface area contributed by atoms with Gasteiger partial charge in [-0.3, -0.25) is 9.59 Å². The van der Waals surface area contributed by atoms with Gasteiger partial charge in [-0.1, -0.05) is 30.3 Å². The highest BCUT2D eigenvalue weighted by Gasteiger charge is 2.57. The van der Waals surface area contributed by atoms with Crippen LogP contribution in [0.1, 0.15) is 24.8 Å². The van der Waals surface area contributed by atoms with Crippen molar-refractivity contribution in [3.8, 4) is 0 Å². The van der Waals surface area contributed by atoms with E-state index in [9.17, 15) is 9.59 Å². The molecule has 2 aliphatic rings. The molecule has 138 valence electrons. The number of hydrogen-bond donors (Lipinski definition) is 2. The van der Waals surface area contributed by atoms with Gasteiger partial charge in [0, 0.05) is 12.1 Å². The van der Waals surface area contributed by atoms with Crippen molar-refractivity contribution in [3.63, 3.8) is 0 Å². The molecule has 2 fully saturated rings. The van der Waals surface area contributed by atoms with Crippen molar-refractivity contribution in [1.29, 1.82) is 0 Å². The minimum atomic E-state index is -0.153. The maximum Gasteiger partial charge on any atom is 0.274 e. The number of carbonyl (C=O) groups excluding carboxylic acids is 1. The average molecular weight is 374 g/mol. The summed E-state index contributed by atoms with van der Waals surface area (Å²) in [5.74, 6) is 0.0493. The Kier molecular flexibility index (Phi) is 5.49. The van der Waals surface area contributed by atoms with E-state index in [1.165, 1.54) is 0 Å². The third-order valence-electron chi connectivity index (χ3n) is 5.58. The molecule has 1 saturated carbocycles. The van der Waals surface area contributed by atoms with Crippen LogP contribution < -0.4 is 16.2 Å². The van der Waals surface area contributed by atoms with Crippen molar-refractivity contribution in [2.75, 3.05) is 18.4 Å². The van der Waals surface area contributed by atoms with Crippen LogP contribution in [-0.4, -0.2) is 23.6 Å². The van der Waals surface area contributed by atoms with Crippen LogP contribution in [0.25, 0.3) is 0 Å². The molecule has 1 atom stereocenters. The fourth-order valence-corrected chi connectivity index (χ4v) is 3.95. The molecule has 1 aliphatic heterocycles. The minimum absolute atomic E-state index is 0. The van der Waals surface area contributed by atoms with Gasteiger partial charge in [0.2, 0.25) is 5.91 Å². The van der Waals surface area contributed by atoms with E-state index >= 15 is 0 Å². The predicted molar refractivity (Wildman–Crippen MR) is 105 cm³/mol. The SMILES string of the molecule is Cl.O=C(Nc1cccn(Cc2ccccc2)c1=O)C1CC12CCNCC2. The molecule has 2 N–H and O–H groups in total. The number of nitrogens with zero attached hydrogens (tertiary/aromatic N) is 1. The maximum atomic E-state index is 12.7. The Morgan fingerprint density at radius 1 is 1.15 bits per heavy atom. The Balaban J connectivity index is 0.00000196. The van der Waals surface area contributed by atoms with Crippen LogP contribution in [0.15, 0.2) is 53.5 Å². The molecule has 0 bridgehead atoms. The number of rotatable bonds is 4. The molecule has 0 radical (unpaired) electrons. The van der Waals surface area contributed by atoms with E-state index in [0.29, 0.717) is 12.2 Å². The fraction of sp³-hybridized carbons (Fsp3) is 0.400. The first kappa shape index (κ1) is 18.7. The first-order chi connectivity index (χ1) is 12.2. The highest BCUT2D eigenvalue weighted by Crippen LogP contribution is 2.58. The monoisotopic (exact) mass is 373 g/mol. The Morgan fingerprint density at radius 3 is 2.62 bits per heavy atom. The van der Waals surface area contributed by atoms with Gasteiger partial charge in [-0.25, -0.2) is 0 Å². The first-order valence-electron chi connectivity index (χ1n) is 8.93. The largest absolute Gasteiger partial charge is 0.321 e. The van der Waals surface area contributed by atoms with Crippen LogP contribution >= 0.6 is 12.4 Å². The Labute approximate surface area is 159 Å². The van der Waals surface area contributed by atoms with Gasteiger partial charge in [0.25, 0.3) is 5.56 Å². The van der Waals surface area contributed by atoms with E-state index in [4.69, 9.17) is 0 Å². The molecule has 2 aromatic rings. The quantitative estimate of drug-likeness (QED) is 0.866. The van der Waals surface area contributed by atoms with E-state index in [1.54, 1.807) is 16.8 Å². The molecule has 26 heavy (non-hydrogen) atoms. The van der Waals surface area contributed by atoms with Crippen LogP contribution in [0, 0.1) is 11.3 Å². The van der Waals surface area contributed by atoms with Crippen molar-refractivity contribution >= 4 is 24.0 Å². The molecule has 1 spiro atoms. The summed E-state index contributed by atoms with van der Waals surface area (Å²) in [6.45, 7) is 2.47. The molecule has 6 heteroatoms. The van der Waals surface area contributed by atoms with Gasteiger partial charge in [0.05, 0.1) is 6.54 Å². The molecule has 1 amide bonds. The average Bonchev–Trinajstić information content (AvgIpc) is 3.33. The van der Waals surface area contributed by atoms with Crippen LogP contribution in [-0.2, 0) is 11.3 Å². The van der Waals surface area contributed by atoms with Gasteiger partial charge >= 0.3 is 0 Å². The maximum absolute atomic E-state index is 12.7. The number of anilines is 1. The molecule has 1 saturated heterocycles. The van der Waals surface area contributed by atoms with E-state index in [-0.39, 0.29) is 35.2 Å². The second kappa shape index (κ2) is 7.64. The number of aromatic nitrogens is 1. The van der Waals surface area contributed by atoms with E-state index in [1.807, 2.05) is 36.4 Å². The van der Waals surface area contributed by atoms with E-state index < -0.39 is 0 Å². The van der Waals surface area contributed by atoms with Crippen molar-refractivity contribution in [2.45, 2.75) is 25.8 Å². The van der Waals surface area contributed by atoms with Crippen molar-refractivity contribution in [3.05, 3.63) is 64.6 Å². The third-order valence-corrected chi connectivity index (χ3v) is 5.58. The van der Waals surface area contributed by atoms with Crippen LogP contribution in [0.5, 0.6) is 0 Å². The summed E-state index contributed by atoms with van der Waals surface area (Å²) in [4.78, 5) is 25.2. The van der Waals surface area contributed by atoms with Gasteiger partial charge in [-0.2, -0.15) is 0 Å². The Hall–Kier alpha value is -2.11. The first-order valence-corrected chi connectivity index (χ1v) is 8.93. The molecule has 2 heterocycles. The number of benzene rings is 1. The number of nitrogens with one attached hydrogen (secondary N) is 2. The Morgan fingerprint density at radius 2 is 1.88 bits per heavy atom. The van der Waals surface area contributed by atoms with E-state index in [2.05, 4.69) is 10.6 Å². The lowest BCUT2D eigenvalue weighted by Gasteiger charge is -2.23. The summed E-state index contributed by atoms with van der Waals surface area (Å²) in [7, 11) is 0. The molecule has 5 nitrogen and oxygen atoms in total. The van der Waals surface area contributed by atoms with Crippen LogP contribution in [0.3, 0.4) is 0 Å². The predicted octanol–water partition coefficient (Wildman–Crippen LogP) is 2.65. The second-order valence-electron chi connectivity index (χ2n) is 7.20. The van der Waals surface area contributed by atoms with Gasteiger partial charge in [-0.05, 0) is 55.5 Å². The lowest BCUT2D eigenvalue weighted by molar-refractivity contribution is -0.118. The molecule has 4 rings (SSSR count). The number of hydrogen-bond acceptors (Lipinski definition) is 3. The van der Waals surface area contributed by atoms with E-state index in [0.717, 1.165) is 37.9 Å². The van der Waals surface area contributed by atoms with Crippen molar-refractivity contribution < 1.29 is 4.79 Å². The van der Waals surface area contributed by atoms with Gasteiger partial charge in [0.15, 0.2) is 0 Å². The number of carbonyl (C=O) groups is 1. The summed E-state index contributed by atoms with van der Waals surface area (Å²) >= 11 is 0. The second-order valence-corrected chi connectivity index (χ2v) is 7.20. The Bertz CT molecular complexity index is 828. The molecule has 1 aliphatic carbocycles. The number of halogens is 1.